The minimum absolute atomic E-state index is 0.233. The molecule has 1 aliphatic heterocycles. The third-order valence-corrected chi connectivity index (χ3v) is 4.15. The average Bonchev–Trinajstić information content (AvgIpc) is 2.74. The van der Waals surface area contributed by atoms with Crippen molar-refractivity contribution in [3.8, 4) is 0 Å². The molecule has 1 aromatic carbocycles. The summed E-state index contributed by atoms with van der Waals surface area (Å²) in [5, 5.41) is 0. The van der Waals surface area contributed by atoms with E-state index in [1.165, 1.54) is 18.5 Å². The van der Waals surface area contributed by atoms with E-state index in [0.717, 1.165) is 24.2 Å². The number of likely N-dealkylation sites (N-methyl/N-ethyl adjacent to an activating group) is 1. The molecule has 0 spiro atoms. The zero-order valence-electron chi connectivity index (χ0n) is 13.1. The average molecular weight is 274 g/mol. The number of hydrogen-bond acceptors (Lipinski definition) is 3. The van der Waals surface area contributed by atoms with Crippen LogP contribution < -0.4 is 0 Å². The van der Waals surface area contributed by atoms with Gasteiger partial charge in [0.05, 0.1) is 6.54 Å². The fourth-order valence-corrected chi connectivity index (χ4v) is 3.14. The van der Waals surface area contributed by atoms with Crippen molar-refractivity contribution in [3.63, 3.8) is 0 Å². The van der Waals surface area contributed by atoms with Crippen molar-refractivity contribution in [2.75, 3.05) is 40.3 Å². The molecule has 1 atom stereocenters. The van der Waals surface area contributed by atoms with Gasteiger partial charge in [0.25, 0.3) is 0 Å². The van der Waals surface area contributed by atoms with E-state index in [0.29, 0.717) is 12.5 Å². The fourth-order valence-electron chi connectivity index (χ4n) is 3.14. The summed E-state index contributed by atoms with van der Waals surface area (Å²) in [5.74, 6) is 0.938. The lowest BCUT2D eigenvalue weighted by Gasteiger charge is -2.20. The van der Waals surface area contributed by atoms with Crippen molar-refractivity contribution in [1.29, 1.82) is 0 Å². The van der Waals surface area contributed by atoms with Gasteiger partial charge in [0.2, 0.25) is 0 Å². The van der Waals surface area contributed by atoms with Gasteiger partial charge in [-0.2, -0.15) is 0 Å². The van der Waals surface area contributed by atoms with Crippen LogP contribution in [0, 0.1) is 19.8 Å². The van der Waals surface area contributed by atoms with Crippen LogP contribution in [0.1, 0.15) is 27.9 Å². The van der Waals surface area contributed by atoms with E-state index < -0.39 is 0 Å². The van der Waals surface area contributed by atoms with Gasteiger partial charge in [-0.05, 0) is 52.4 Å². The fraction of sp³-hybridized carbons (Fsp3) is 0.588. The van der Waals surface area contributed by atoms with Crippen molar-refractivity contribution in [2.24, 2.45) is 5.92 Å². The number of carbonyl (C=O) groups excluding carboxylic acids is 1. The lowest BCUT2D eigenvalue weighted by atomic mass is 10.0. The Hall–Kier alpha value is -1.19. The Morgan fingerprint density at radius 3 is 2.75 bits per heavy atom. The van der Waals surface area contributed by atoms with E-state index in [9.17, 15) is 4.79 Å². The normalized spacial score (nSPS) is 19.8. The van der Waals surface area contributed by atoms with Gasteiger partial charge in [-0.25, -0.2) is 0 Å². The highest BCUT2D eigenvalue weighted by Crippen LogP contribution is 2.16. The molecule has 3 nitrogen and oxygen atoms in total. The highest BCUT2D eigenvalue weighted by molar-refractivity contribution is 5.98. The van der Waals surface area contributed by atoms with E-state index in [4.69, 9.17) is 0 Å². The summed E-state index contributed by atoms with van der Waals surface area (Å²) < 4.78 is 0. The molecule has 0 N–H and O–H groups in total. The maximum Gasteiger partial charge on any atom is 0.177 e. The Labute approximate surface area is 122 Å². The molecule has 0 saturated carbocycles. The van der Waals surface area contributed by atoms with Crippen molar-refractivity contribution in [1.82, 2.24) is 9.80 Å². The van der Waals surface area contributed by atoms with Crippen LogP contribution in [0.2, 0.25) is 0 Å². The standard InChI is InChI=1S/C17H26N2O/c1-13-5-6-16(14(2)9-13)17(20)12-19(4)11-15-7-8-18(3)10-15/h5-6,9,15H,7-8,10-12H2,1-4H3. The lowest BCUT2D eigenvalue weighted by molar-refractivity contribution is 0.0937. The van der Waals surface area contributed by atoms with Crippen LogP contribution >= 0.6 is 0 Å². The van der Waals surface area contributed by atoms with Gasteiger partial charge in [-0.15, -0.1) is 0 Å². The van der Waals surface area contributed by atoms with Gasteiger partial charge in [0.15, 0.2) is 5.78 Å². The summed E-state index contributed by atoms with van der Waals surface area (Å²) in [6, 6.07) is 6.06. The molecule has 1 unspecified atom stereocenters. The lowest BCUT2D eigenvalue weighted by Crippen LogP contribution is -2.32. The third-order valence-electron chi connectivity index (χ3n) is 4.15. The Bertz CT molecular complexity index is 484. The van der Waals surface area contributed by atoms with Gasteiger partial charge < -0.3 is 4.90 Å². The Kier molecular flexibility index (Phi) is 4.95. The molecule has 0 aliphatic carbocycles. The summed E-state index contributed by atoms with van der Waals surface area (Å²) in [7, 11) is 4.22. The van der Waals surface area contributed by atoms with Crippen LogP contribution in [0.3, 0.4) is 0 Å². The van der Waals surface area contributed by atoms with Gasteiger partial charge in [0.1, 0.15) is 0 Å². The number of hydrogen-bond donors (Lipinski definition) is 0. The minimum atomic E-state index is 0.233. The largest absolute Gasteiger partial charge is 0.306 e. The summed E-state index contributed by atoms with van der Waals surface area (Å²) in [6.07, 6.45) is 1.25. The molecular weight excluding hydrogens is 248 g/mol. The van der Waals surface area contributed by atoms with Crippen LogP contribution in [0.4, 0.5) is 0 Å². The van der Waals surface area contributed by atoms with Crippen molar-refractivity contribution < 1.29 is 4.79 Å². The third kappa shape index (κ3) is 3.90. The molecule has 0 bridgehead atoms. The van der Waals surface area contributed by atoms with Crippen molar-refractivity contribution >= 4 is 5.78 Å². The van der Waals surface area contributed by atoms with E-state index in [1.807, 2.05) is 19.1 Å². The molecule has 0 radical (unpaired) electrons. The predicted molar refractivity (Wildman–Crippen MR) is 83.3 cm³/mol. The van der Waals surface area contributed by atoms with Crippen molar-refractivity contribution in [3.05, 3.63) is 34.9 Å². The number of likely N-dealkylation sites (tertiary alicyclic amines) is 1. The number of ketones is 1. The molecule has 1 heterocycles. The highest BCUT2D eigenvalue weighted by Gasteiger charge is 2.21. The smallest absolute Gasteiger partial charge is 0.177 e. The van der Waals surface area contributed by atoms with Gasteiger partial charge in [-0.3, -0.25) is 9.69 Å². The summed E-state index contributed by atoms with van der Waals surface area (Å²) in [6.45, 7) is 7.95. The summed E-state index contributed by atoms with van der Waals surface area (Å²) in [4.78, 5) is 16.9. The molecule has 1 fully saturated rings. The van der Waals surface area contributed by atoms with Gasteiger partial charge in [0, 0.05) is 18.7 Å². The number of aryl methyl sites for hydroxylation is 2. The van der Waals surface area contributed by atoms with Gasteiger partial charge >= 0.3 is 0 Å². The van der Waals surface area contributed by atoms with Crippen LogP contribution in [0.15, 0.2) is 18.2 Å². The molecule has 20 heavy (non-hydrogen) atoms. The SMILES string of the molecule is Cc1ccc(C(=O)CN(C)CC2CCN(C)C2)c(C)c1. The van der Waals surface area contributed by atoms with Gasteiger partial charge in [-0.1, -0.05) is 23.8 Å². The van der Waals surface area contributed by atoms with Crippen LogP contribution in [0.5, 0.6) is 0 Å². The first-order valence-electron chi connectivity index (χ1n) is 7.43. The molecular formula is C17H26N2O. The van der Waals surface area contributed by atoms with Crippen LogP contribution in [-0.2, 0) is 0 Å². The Balaban J connectivity index is 1.90. The quantitative estimate of drug-likeness (QED) is 0.770. The van der Waals surface area contributed by atoms with Crippen LogP contribution in [-0.4, -0.2) is 55.9 Å². The molecule has 1 aliphatic rings. The molecule has 3 heteroatoms. The zero-order valence-corrected chi connectivity index (χ0v) is 13.1. The first-order chi connectivity index (χ1) is 9.45. The molecule has 0 amide bonds. The minimum Gasteiger partial charge on any atom is -0.306 e. The second-order valence-electron chi connectivity index (χ2n) is 6.36. The zero-order chi connectivity index (χ0) is 14.7. The Morgan fingerprint density at radius 2 is 2.15 bits per heavy atom. The maximum atomic E-state index is 12.4. The molecule has 2 rings (SSSR count). The number of Topliss-reactive ketones (excluding diaryl/α,β-unsaturated/α-hetero) is 1. The first-order valence-corrected chi connectivity index (χ1v) is 7.43. The monoisotopic (exact) mass is 274 g/mol. The highest BCUT2D eigenvalue weighted by atomic mass is 16.1. The second kappa shape index (κ2) is 6.51. The number of rotatable bonds is 5. The first kappa shape index (κ1) is 15.2. The molecule has 1 aromatic rings. The van der Waals surface area contributed by atoms with E-state index >= 15 is 0 Å². The number of nitrogens with zero attached hydrogens (tertiary/aromatic N) is 2. The van der Waals surface area contributed by atoms with E-state index in [-0.39, 0.29) is 5.78 Å². The summed E-state index contributed by atoms with van der Waals surface area (Å²) in [5.41, 5.74) is 3.16. The Morgan fingerprint density at radius 1 is 1.40 bits per heavy atom. The van der Waals surface area contributed by atoms with E-state index in [1.54, 1.807) is 0 Å². The topological polar surface area (TPSA) is 23.6 Å². The van der Waals surface area contributed by atoms with Crippen molar-refractivity contribution in [2.45, 2.75) is 20.3 Å². The molecule has 1 saturated heterocycles. The number of benzene rings is 1. The molecule has 110 valence electrons. The van der Waals surface area contributed by atoms with Crippen LogP contribution in [0.25, 0.3) is 0 Å². The second-order valence-corrected chi connectivity index (χ2v) is 6.36. The number of carbonyl (C=O) groups is 1. The maximum absolute atomic E-state index is 12.4. The van der Waals surface area contributed by atoms with E-state index in [2.05, 4.69) is 36.9 Å². The molecule has 0 aromatic heterocycles. The predicted octanol–water partition coefficient (Wildman–Crippen LogP) is 2.37. The summed E-state index contributed by atoms with van der Waals surface area (Å²) >= 11 is 0.